The quantitative estimate of drug-likeness (QED) is 0.923. The number of piperidine rings is 1. The highest BCUT2D eigenvalue weighted by Crippen LogP contribution is 2.37. The minimum atomic E-state index is -0.708. The Morgan fingerprint density at radius 1 is 1.00 bits per heavy atom. The Hall–Kier alpha value is -2.19. The molecule has 2 aromatic carbocycles. The van der Waals surface area contributed by atoms with Gasteiger partial charge in [0, 0.05) is 25.0 Å². The van der Waals surface area contributed by atoms with E-state index in [0.29, 0.717) is 25.2 Å². The third-order valence-corrected chi connectivity index (χ3v) is 5.61. The first-order valence-corrected chi connectivity index (χ1v) is 9.24. The van der Waals surface area contributed by atoms with Crippen molar-refractivity contribution in [3.8, 4) is 6.07 Å². The molecule has 2 atom stereocenters. The molecule has 2 fully saturated rings. The standard InChI is InChI=1S/C22H24N2O2/c23-13-18-8-6-17(7-9-18)10-22(25)11-20-15-26-16-21(12-22)24(20)14-19-4-2-1-3-5-19/h1-9,20-21,25H,10-12,14-16H2. The summed E-state index contributed by atoms with van der Waals surface area (Å²) in [6.45, 7) is 2.27. The van der Waals surface area contributed by atoms with Crippen molar-refractivity contribution in [3.63, 3.8) is 0 Å². The maximum atomic E-state index is 11.3. The molecule has 0 aliphatic carbocycles. The summed E-state index contributed by atoms with van der Waals surface area (Å²) in [4.78, 5) is 2.51. The molecule has 0 saturated carbocycles. The van der Waals surface area contributed by atoms with Crippen LogP contribution < -0.4 is 0 Å². The van der Waals surface area contributed by atoms with E-state index < -0.39 is 5.60 Å². The first-order chi connectivity index (χ1) is 12.6. The van der Waals surface area contributed by atoms with E-state index in [2.05, 4.69) is 35.2 Å². The molecular formula is C22H24N2O2. The van der Waals surface area contributed by atoms with Crippen LogP contribution in [0.3, 0.4) is 0 Å². The highest BCUT2D eigenvalue weighted by molar-refractivity contribution is 5.32. The van der Waals surface area contributed by atoms with Crippen LogP contribution in [0.25, 0.3) is 0 Å². The van der Waals surface area contributed by atoms with Crippen LogP contribution in [0.1, 0.15) is 29.5 Å². The first kappa shape index (κ1) is 17.2. The number of nitriles is 1. The number of fused-ring (bicyclic) bond motifs is 2. The lowest BCUT2D eigenvalue weighted by Crippen LogP contribution is -2.61. The summed E-state index contributed by atoms with van der Waals surface area (Å²) in [5, 5.41) is 20.2. The number of rotatable bonds is 4. The van der Waals surface area contributed by atoms with Crippen LogP contribution in [-0.4, -0.2) is 40.9 Å². The van der Waals surface area contributed by atoms with Gasteiger partial charge in [-0.3, -0.25) is 4.90 Å². The summed E-state index contributed by atoms with van der Waals surface area (Å²) in [5.41, 5.74) is 2.34. The van der Waals surface area contributed by atoms with Gasteiger partial charge in [0.05, 0.1) is 30.4 Å². The second-order valence-electron chi connectivity index (χ2n) is 7.62. The molecule has 2 saturated heterocycles. The largest absolute Gasteiger partial charge is 0.389 e. The average molecular weight is 348 g/mol. The summed E-state index contributed by atoms with van der Waals surface area (Å²) in [6.07, 6.45) is 2.07. The summed E-state index contributed by atoms with van der Waals surface area (Å²) in [5.74, 6) is 0. The van der Waals surface area contributed by atoms with E-state index in [-0.39, 0.29) is 12.1 Å². The third-order valence-electron chi connectivity index (χ3n) is 5.61. The molecule has 0 spiro atoms. The number of benzene rings is 2. The second kappa shape index (κ2) is 7.20. The lowest BCUT2D eigenvalue weighted by atomic mass is 9.77. The summed E-state index contributed by atoms with van der Waals surface area (Å²) < 4.78 is 5.79. The monoisotopic (exact) mass is 348 g/mol. The number of morpholine rings is 1. The van der Waals surface area contributed by atoms with Gasteiger partial charge in [0.25, 0.3) is 0 Å². The molecular weight excluding hydrogens is 324 g/mol. The van der Waals surface area contributed by atoms with Gasteiger partial charge < -0.3 is 9.84 Å². The maximum Gasteiger partial charge on any atom is 0.0991 e. The molecule has 2 aliphatic rings. The number of nitrogens with zero attached hydrogens (tertiary/aromatic N) is 2. The minimum Gasteiger partial charge on any atom is -0.389 e. The van der Waals surface area contributed by atoms with Crippen molar-refractivity contribution < 1.29 is 9.84 Å². The zero-order valence-corrected chi connectivity index (χ0v) is 14.8. The van der Waals surface area contributed by atoms with Crippen molar-refractivity contribution in [3.05, 3.63) is 71.3 Å². The Bertz CT molecular complexity index is 768. The fraction of sp³-hybridized carbons (Fsp3) is 0.409. The highest BCUT2D eigenvalue weighted by Gasteiger charge is 2.45. The van der Waals surface area contributed by atoms with Gasteiger partial charge in [0.2, 0.25) is 0 Å². The Morgan fingerprint density at radius 3 is 2.27 bits per heavy atom. The molecule has 134 valence electrons. The Kier molecular flexibility index (Phi) is 4.78. The molecule has 1 N–H and O–H groups in total. The van der Waals surface area contributed by atoms with E-state index in [9.17, 15) is 5.11 Å². The molecule has 4 nitrogen and oxygen atoms in total. The second-order valence-corrected chi connectivity index (χ2v) is 7.62. The van der Waals surface area contributed by atoms with Crippen molar-refractivity contribution in [2.75, 3.05) is 13.2 Å². The van der Waals surface area contributed by atoms with Crippen LogP contribution in [0.2, 0.25) is 0 Å². The molecule has 4 rings (SSSR count). The van der Waals surface area contributed by atoms with E-state index in [0.717, 1.165) is 24.9 Å². The molecule has 2 bridgehead atoms. The smallest absolute Gasteiger partial charge is 0.0991 e. The zero-order valence-electron chi connectivity index (χ0n) is 14.8. The van der Waals surface area contributed by atoms with E-state index in [1.807, 2.05) is 30.3 Å². The lowest BCUT2D eigenvalue weighted by Gasteiger charge is -2.52. The highest BCUT2D eigenvalue weighted by atomic mass is 16.5. The molecule has 26 heavy (non-hydrogen) atoms. The Morgan fingerprint density at radius 2 is 1.65 bits per heavy atom. The third kappa shape index (κ3) is 3.66. The van der Waals surface area contributed by atoms with E-state index in [1.54, 1.807) is 0 Å². The van der Waals surface area contributed by atoms with Crippen LogP contribution in [0, 0.1) is 11.3 Å². The fourth-order valence-electron chi connectivity index (χ4n) is 4.42. The van der Waals surface area contributed by atoms with Crippen molar-refractivity contribution >= 4 is 0 Å². The molecule has 2 aliphatic heterocycles. The number of hydrogen-bond donors (Lipinski definition) is 1. The summed E-state index contributed by atoms with van der Waals surface area (Å²) >= 11 is 0. The van der Waals surface area contributed by atoms with Gasteiger partial charge in [0.1, 0.15) is 0 Å². The van der Waals surface area contributed by atoms with Crippen molar-refractivity contribution in [1.82, 2.24) is 4.90 Å². The molecule has 4 heteroatoms. The van der Waals surface area contributed by atoms with Crippen molar-refractivity contribution in [2.45, 2.75) is 43.5 Å². The topological polar surface area (TPSA) is 56.5 Å². The SMILES string of the molecule is N#Cc1ccc(CC2(O)CC3COCC(C2)N3Cc2ccccc2)cc1. The van der Waals surface area contributed by atoms with Crippen LogP contribution >= 0.6 is 0 Å². The van der Waals surface area contributed by atoms with E-state index in [1.165, 1.54) is 5.56 Å². The molecule has 2 aromatic rings. The van der Waals surface area contributed by atoms with Crippen LogP contribution in [0.15, 0.2) is 54.6 Å². The van der Waals surface area contributed by atoms with Gasteiger partial charge in [-0.15, -0.1) is 0 Å². The van der Waals surface area contributed by atoms with Gasteiger partial charge in [-0.05, 0) is 36.1 Å². The zero-order chi connectivity index (χ0) is 18.0. The van der Waals surface area contributed by atoms with Crippen molar-refractivity contribution in [2.24, 2.45) is 0 Å². The number of hydrogen-bond acceptors (Lipinski definition) is 4. The fourth-order valence-corrected chi connectivity index (χ4v) is 4.42. The predicted octanol–water partition coefficient (Wildman–Crippen LogP) is 2.90. The molecule has 2 unspecified atom stereocenters. The lowest BCUT2D eigenvalue weighted by molar-refractivity contribution is -0.145. The summed E-state index contributed by atoms with van der Waals surface area (Å²) in [6, 6.07) is 20.7. The minimum absolute atomic E-state index is 0.242. The van der Waals surface area contributed by atoms with Crippen LogP contribution in [0.5, 0.6) is 0 Å². The number of aliphatic hydroxyl groups is 1. The summed E-state index contributed by atoms with van der Waals surface area (Å²) in [7, 11) is 0. The first-order valence-electron chi connectivity index (χ1n) is 9.24. The van der Waals surface area contributed by atoms with Crippen LogP contribution in [0.4, 0.5) is 0 Å². The predicted molar refractivity (Wildman–Crippen MR) is 99.4 cm³/mol. The maximum absolute atomic E-state index is 11.3. The molecule has 0 aromatic heterocycles. The average Bonchev–Trinajstić information content (AvgIpc) is 2.64. The van der Waals surface area contributed by atoms with Gasteiger partial charge in [-0.2, -0.15) is 5.26 Å². The van der Waals surface area contributed by atoms with E-state index >= 15 is 0 Å². The molecule has 0 amide bonds. The molecule has 2 heterocycles. The number of ether oxygens (including phenoxy) is 1. The van der Waals surface area contributed by atoms with Gasteiger partial charge >= 0.3 is 0 Å². The van der Waals surface area contributed by atoms with Crippen LogP contribution in [-0.2, 0) is 17.7 Å². The van der Waals surface area contributed by atoms with Gasteiger partial charge in [0.15, 0.2) is 0 Å². The normalized spacial score (nSPS) is 28.5. The molecule has 0 radical (unpaired) electrons. The Balaban J connectivity index is 1.48. The van der Waals surface area contributed by atoms with Gasteiger partial charge in [-0.25, -0.2) is 0 Å². The van der Waals surface area contributed by atoms with Gasteiger partial charge in [-0.1, -0.05) is 42.5 Å². The Labute approximate surface area is 154 Å². The van der Waals surface area contributed by atoms with Crippen molar-refractivity contribution in [1.29, 1.82) is 5.26 Å². The van der Waals surface area contributed by atoms with E-state index in [4.69, 9.17) is 10.00 Å².